The van der Waals surface area contributed by atoms with Crippen LogP contribution >= 0.6 is 0 Å². The van der Waals surface area contributed by atoms with Crippen molar-refractivity contribution in [2.45, 2.75) is 32.4 Å². The molecule has 0 aliphatic carbocycles. The van der Waals surface area contributed by atoms with Gasteiger partial charge in [-0.05, 0) is 35.2 Å². The quantitative estimate of drug-likeness (QED) is 0.597. The van der Waals surface area contributed by atoms with Gasteiger partial charge in [0.15, 0.2) is 0 Å². The van der Waals surface area contributed by atoms with E-state index in [1.807, 2.05) is 42.5 Å². The first kappa shape index (κ1) is 20.3. The average molecular weight is 414 g/mol. The van der Waals surface area contributed by atoms with Crippen molar-refractivity contribution in [3.8, 4) is 6.07 Å². The summed E-state index contributed by atoms with van der Waals surface area (Å²) in [6, 6.07) is 15.5. The number of hydrogen-bond acceptors (Lipinski definition) is 6. The molecule has 0 radical (unpaired) electrons. The van der Waals surface area contributed by atoms with Crippen LogP contribution in [0.5, 0.6) is 0 Å². The summed E-state index contributed by atoms with van der Waals surface area (Å²) in [7, 11) is 0. The van der Waals surface area contributed by atoms with Crippen molar-refractivity contribution in [3.05, 3.63) is 64.8 Å². The average Bonchev–Trinajstić information content (AvgIpc) is 3.21. The highest BCUT2D eigenvalue weighted by molar-refractivity contribution is 6.05. The van der Waals surface area contributed by atoms with Crippen LogP contribution in [0.25, 0.3) is 10.9 Å². The maximum absolute atomic E-state index is 13.3. The van der Waals surface area contributed by atoms with E-state index in [9.17, 15) is 9.59 Å². The minimum Gasteiger partial charge on any atom is -0.368 e. The van der Waals surface area contributed by atoms with Gasteiger partial charge in [-0.1, -0.05) is 30.3 Å². The van der Waals surface area contributed by atoms with E-state index < -0.39 is 0 Å². The molecule has 1 aliphatic rings. The van der Waals surface area contributed by atoms with Crippen LogP contribution in [0.2, 0.25) is 0 Å². The minimum atomic E-state index is -0.193. The number of nitrogens with zero attached hydrogens (tertiary/aromatic N) is 4. The Bertz CT molecular complexity index is 1180. The number of nitrogens with two attached hydrogens (primary N) is 1. The lowest BCUT2D eigenvalue weighted by molar-refractivity contribution is -0.121. The molecule has 31 heavy (non-hydrogen) atoms. The van der Waals surface area contributed by atoms with Crippen molar-refractivity contribution in [2.24, 2.45) is 0 Å². The first-order valence-corrected chi connectivity index (χ1v) is 10.1. The number of nitrogens with one attached hydrogen (secondary N) is 1. The van der Waals surface area contributed by atoms with Crippen molar-refractivity contribution in [1.82, 2.24) is 20.2 Å². The second-order valence-electron chi connectivity index (χ2n) is 7.47. The van der Waals surface area contributed by atoms with E-state index >= 15 is 0 Å². The van der Waals surface area contributed by atoms with Crippen LogP contribution in [0.1, 0.15) is 40.0 Å². The van der Waals surface area contributed by atoms with E-state index in [0.717, 1.165) is 16.7 Å². The lowest BCUT2D eigenvalue weighted by Gasteiger charge is -2.16. The fraction of sp³-hybridized carbons (Fsp3) is 0.261. The van der Waals surface area contributed by atoms with Gasteiger partial charge in [-0.25, -0.2) is 9.97 Å². The summed E-state index contributed by atoms with van der Waals surface area (Å²) in [4.78, 5) is 35.5. The molecule has 0 fully saturated rings. The van der Waals surface area contributed by atoms with Crippen molar-refractivity contribution < 1.29 is 9.59 Å². The summed E-state index contributed by atoms with van der Waals surface area (Å²) < 4.78 is 0. The molecular formula is C23H22N6O2. The van der Waals surface area contributed by atoms with Gasteiger partial charge < -0.3 is 16.0 Å². The normalized spacial score (nSPS) is 12.4. The number of aromatic nitrogens is 2. The monoisotopic (exact) mass is 414 g/mol. The number of aryl methyl sites for hydroxylation is 1. The summed E-state index contributed by atoms with van der Waals surface area (Å²) in [5, 5.41) is 11.9. The second kappa shape index (κ2) is 8.79. The number of fused-ring (bicyclic) bond motifs is 2. The van der Waals surface area contributed by atoms with Gasteiger partial charge in [-0.3, -0.25) is 9.59 Å². The van der Waals surface area contributed by atoms with E-state index in [0.29, 0.717) is 37.0 Å². The third kappa shape index (κ3) is 4.46. The molecular weight excluding hydrogens is 392 g/mol. The molecule has 2 amide bonds. The Morgan fingerprint density at radius 2 is 1.87 bits per heavy atom. The smallest absolute Gasteiger partial charge is 0.273 e. The first-order chi connectivity index (χ1) is 15.0. The number of carbonyl (C=O) groups is 2. The maximum atomic E-state index is 13.3. The zero-order chi connectivity index (χ0) is 21.8. The van der Waals surface area contributed by atoms with E-state index in [1.165, 1.54) is 0 Å². The van der Waals surface area contributed by atoms with Gasteiger partial charge in [-0.2, -0.15) is 5.26 Å². The van der Waals surface area contributed by atoms with Crippen molar-refractivity contribution in [2.75, 3.05) is 12.3 Å². The highest BCUT2D eigenvalue weighted by Crippen LogP contribution is 2.26. The Morgan fingerprint density at radius 3 is 2.58 bits per heavy atom. The number of anilines is 1. The number of nitriles is 1. The summed E-state index contributed by atoms with van der Waals surface area (Å²) in [5.74, 6) is -0.256. The van der Waals surface area contributed by atoms with Gasteiger partial charge in [0.1, 0.15) is 5.69 Å². The predicted octanol–water partition coefficient (Wildman–Crippen LogP) is 2.33. The molecule has 8 nitrogen and oxygen atoms in total. The molecule has 2 aromatic carbocycles. The topological polar surface area (TPSA) is 125 Å². The van der Waals surface area contributed by atoms with Gasteiger partial charge in [0.25, 0.3) is 5.91 Å². The Morgan fingerprint density at radius 1 is 1.13 bits per heavy atom. The Labute approximate surface area is 179 Å². The standard InChI is InChI=1S/C23H22N6O2/c24-10-3-11-26-20(30)9-7-15-6-8-19-18(12-15)21(28-23(25)27-19)22(31)29-13-16-4-1-2-5-17(16)14-29/h1-2,4-6,8,12H,3,7,9,11,13-14H2,(H,26,30)(H2,25,27,28). The van der Waals surface area contributed by atoms with Crippen LogP contribution in [0.4, 0.5) is 5.95 Å². The number of carbonyl (C=O) groups excluding carboxylic acids is 2. The summed E-state index contributed by atoms with van der Waals surface area (Å²) in [6.45, 7) is 1.41. The third-order valence-corrected chi connectivity index (χ3v) is 5.31. The molecule has 156 valence electrons. The van der Waals surface area contributed by atoms with Gasteiger partial charge in [-0.15, -0.1) is 0 Å². The van der Waals surface area contributed by atoms with Crippen LogP contribution in [-0.2, 0) is 24.3 Å². The van der Waals surface area contributed by atoms with Crippen molar-refractivity contribution in [3.63, 3.8) is 0 Å². The fourth-order valence-corrected chi connectivity index (χ4v) is 3.74. The lowest BCUT2D eigenvalue weighted by Crippen LogP contribution is -2.27. The summed E-state index contributed by atoms with van der Waals surface area (Å²) in [5.41, 5.74) is 9.90. The minimum absolute atomic E-state index is 0.0529. The van der Waals surface area contributed by atoms with E-state index in [4.69, 9.17) is 11.0 Å². The van der Waals surface area contributed by atoms with Crippen LogP contribution in [0.3, 0.4) is 0 Å². The zero-order valence-corrected chi connectivity index (χ0v) is 17.0. The zero-order valence-electron chi connectivity index (χ0n) is 17.0. The molecule has 1 aliphatic heterocycles. The van der Waals surface area contributed by atoms with Gasteiger partial charge in [0.05, 0.1) is 18.0 Å². The Kier molecular flexibility index (Phi) is 5.76. The first-order valence-electron chi connectivity index (χ1n) is 10.1. The number of amides is 2. The molecule has 2 heterocycles. The molecule has 4 rings (SSSR count). The van der Waals surface area contributed by atoms with Crippen molar-refractivity contribution in [1.29, 1.82) is 5.26 Å². The summed E-state index contributed by atoms with van der Waals surface area (Å²) in [6.07, 6.45) is 1.07. The molecule has 0 bridgehead atoms. The highest BCUT2D eigenvalue weighted by Gasteiger charge is 2.26. The molecule has 1 aromatic heterocycles. The Balaban J connectivity index is 1.56. The van der Waals surface area contributed by atoms with Gasteiger partial charge in [0.2, 0.25) is 11.9 Å². The highest BCUT2D eigenvalue weighted by atomic mass is 16.2. The molecule has 3 aromatic rings. The van der Waals surface area contributed by atoms with Crippen LogP contribution in [-0.4, -0.2) is 33.2 Å². The van der Waals surface area contributed by atoms with E-state index in [2.05, 4.69) is 15.3 Å². The SMILES string of the molecule is N#CCCNC(=O)CCc1ccc2nc(N)nc(C(=O)N3Cc4ccccc4C3)c2c1. The molecule has 0 atom stereocenters. The largest absolute Gasteiger partial charge is 0.368 e. The molecule has 0 saturated carbocycles. The molecule has 0 saturated heterocycles. The molecule has 3 N–H and O–H groups in total. The summed E-state index contributed by atoms with van der Waals surface area (Å²) >= 11 is 0. The molecule has 0 unspecified atom stereocenters. The predicted molar refractivity (Wildman–Crippen MR) is 116 cm³/mol. The van der Waals surface area contributed by atoms with E-state index in [1.54, 1.807) is 11.0 Å². The lowest BCUT2D eigenvalue weighted by atomic mass is 10.0. The van der Waals surface area contributed by atoms with Crippen LogP contribution in [0.15, 0.2) is 42.5 Å². The second-order valence-corrected chi connectivity index (χ2v) is 7.47. The number of nitrogen functional groups attached to an aromatic ring is 1. The van der Waals surface area contributed by atoms with Crippen LogP contribution in [0, 0.1) is 11.3 Å². The van der Waals surface area contributed by atoms with Crippen molar-refractivity contribution >= 4 is 28.7 Å². The fourth-order valence-electron chi connectivity index (χ4n) is 3.74. The Hall–Kier alpha value is -3.99. The van der Waals surface area contributed by atoms with Crippen LogP contribution < -0.4 is 11.1 Å². The third-order valence-electron chi connectivity index (χ3n) is 5.31. The van der Waals surface area contributed by atoms with E-state index in [-0.39, 0.29) is 36.3 Å². The number of rotatable bonds is 6. The van der Waals surface area contributed by atoms with Gasteiger partial charge >= 0.3 is 0 Å². The number of hydrogen-bond donors (Lipinski definition) is 2. The maximum Gasteiger partial charge on any atom is 0.273 e. The number of benzene rings is 2. The molecule has 8 heteroatoms. The molecule has 0 spiro atoms. The van der Waals surface area contributed by atoms with Gasteiger partial charge in [0, 0.05) is 31.4 Å².